The van der Waals surface area contributed by atoms with Crippen molar-refractivity contribution in [3.8, 4) is 0 Å². The molecule has 0 spiro atoms. The van der Waals surface area contributed by atoms with E-state index in [4.69, 9.17) is 4.74 Å². The van der Waals surface area contributed by atoms with Crippen LogP contribution >= 0.6 is 0 Å². The third-order valence-electron chi connectivity index (χ3n) is 1.63. The lowest BCUT2D eigenvalue weighted by Crippen LogP contribution is -2.18. The second-order valence-corrected chi connectivity index (χ2v) is 2.39. The summed E-state index contributed by atoms with van der Waals surface area (Å²) in [6.07, 6.45) is 5.21. The summed E-state index contributed by atoms with van der Waals surface area (Å²) < 4.78 is 5.29. The molecule has 9 heavy (non-hydrogen) atoms. The summed E-state index contributed by atoms with van der Waals surface area (Å²) in [4.78, 5) is 9.99. The number of rotatable bonds is 2. The number of carbonyl (C=O) groups excluding carboxylic acids is 1. The second-order valence-electron chi connectivity index (χ2n) is 2.39. The highest BCUT2D eigenvalue weighted by atomic mass is 16.5. The summed E-state index contributed by atoms with van der Waals surface area (Å²) in [6, 6.07) is 0. The van der Waals surface area contributed by atoms with Gasteiger partial charge >= 0.3 is 0 Å². The van der Waals surface area contributed by atoms with Crippen LogP contribution in [0.5, 0.6) is 0 Å². The van der Waals surface area contributed by atoms with Crippen molar-refractivity contribution in [2.45, 2.75) is 31.8 Å². The Bertz CT molecular complexity index is 84.9. The minimum Gasteiger partial charge on any atom is -0.378 e. The summed E-state index contributed by atoms with van der Waals surface area (Å²) in [5, 5.41) is 0. The van der Waals surface area contributed by atoms with Gasteiger partial charge in [-0.2, -0.15) is 0 Å². The monoisotopic (exact) mass is 128 g/mol. The van der Waals surface area contributed by atoms with E-state index in [9.17, 15) is 4.79 Å². The van der Waals surface area contributed by atoms with Crippen molar-refractivity contribution in [1.82, 2.24) is 0 Å². The van der Waals surface area contributed by atoms with Gasteiger partial charge in [0, 0.05) is 13.0 Å². The van der Waals surface area contributed by atoms with Crippen molar-refractivity contribution in [2.75, 3.05) is 6.61 Å². The van der Waals surface area contributed by atoms with Crippen molar-refractivity contribution in [3.05, 3.63) is 0 Å². The quantitative estimate of drug-likeness (QED) is 0.521. The number of hydrogen-bond acceptors (Lipinski definition) is 2. The van der Waals surface area contributed by atoms with Crippen molar-refractivity contribution < 1.29 is 9.53 Å². The lowest BCUT2D eigenvalue weighted by molar-refractivity contribution is -0.111. The standard InChI is InChI=1S/C7H12O2/c8-5-4-7-3-1-2-6-9-7/h5,7H,1-4,6H2/t7-/m0/s1. The van der Waals surface area contributed by atoms with Crippen LogP contribution in [0.4, 0.5) is 0 Å². The Hall–Kier alpha value is -0.370. The molecule has 0 aromatic rings. The molecule has 0 unspecified atom stereocenters. The third-order valence-corrected chi connectivity index (χ3v) is 1.63. The van der Waals surface area contributed by atoms with E-state index < -0.39 is 0 Å². The number of ether oxygens (including phenoxy) is 1. The highest BCUT2D eigenvalue weighted by molar-refractivity contribution is 5.50. The summed E-state index contributed by atoms with van der Waals surface area (Å²) in [5.41, 5.74) is 0. The van der Waals surface area contributed by atoms with Crippen LogP contribution in [0.1, 0.15) is 25.7 Å². The van der Waals surface area contributed by atoms with Crippen LogP contribution in [0.3, 0.4) is 0 Å². The van der Waals surface area contributed by atoms with E-state index in [1.165, 1.54) is 6.42 Å². The van der Waals surface area contributed by atoms with Crippen molar-refractivity contribution in [3.63, 3.8) is 0 Å². The zero-order valence-electron chi connectivity index (χ0n) is 5.51. The van der Waals surface area contributed by atoms with Crippen LogP contribution < -0.4 is 0 Å². The molecule has 2 heteroatoms. The van der Waals surface area contributed by atoms with Crippen molar-refractivity contribution in [2.24, 2.45) is 0 Å². The maximum absolute atomic E-state index is 9.99. The highest BCUT2D eigenvalue weighted by Crippen LogP contribution is 2.13. The lowest BCUT2D eigenvalue weighted by atomic mass is 10.1. The Morgan fingerprint density at radius 3 is 3.00 bits per heavy atom. The Labute approximate surface area is 55.2 Å². The first-order chi connectivity index (χ1) is 4.43. The van der Waals surface area contributed by atoms with Gasteiger partial charge in [0.15, 0.2) is 0 Å². The molecule has 1 heterocycles. The van der Waals surface area contributed by atoms with Gasteiger partial charge in [0.2, 0.25) is 0 Å². The fourth-order valence-corrected chi connectivity index (χ4v) is 1.10. The zero-order chi connectivity index (χ0) is 6.53. The SMILES string of the molecule is O=CC[C@@H]1CCCCO1. The van der Waals surface area contributed by atoms with Crippen molar-refractivity contribution >= 4 is 6.29 Å². The molecule has 0 saturated carbocycles. The summed E-state index contributed by atoms with van der Waals surface area (Å²) in [5.74, 6) is 0. The molecule has 0 aliphatic carbocycles. The molecule has 2 nitrogen and oxygen atoms in total. The molecule has 1 aliphatic rings. The molecule has 0 amide bonds. The molecule has 0 aromatic heterocycles. The molecule has 1 rings (SSSR count). The number of aldehydes is 1. The normalized spacial score (nSPS) is 27.8. The maximum Gasteiger partial charge on any atom is 0.122 e. The molecule has 1 aliphatic heterocycles. The Balaban J connectivity index is 2.15. The van der Waals surface area contributed by atoms with Crippen LogP contribution in [0.2, 0.25) is 0 Å². The van der Waals surface area contributed by atoms with Gasteiger partial charge in [0.05, 0.1) is 6.10 Å². The summed E-state index contributed by atoms with van der Waals surface area (Å²) in [7, 11) is 0. The van der Waals surface area contributed by atoms with Gasteiger partial charge in [-0.25, -0.2) is 0 Å². The average Bonchev–Trinajstić information content (AvgIpc) is 1.91. The number of carbonyl (C=O) groups is 1. The van der Waals surface area contributed by atoms with Crippen LogP contribution in [0.25, 0.3) is 0 Å². The Morgan fingerprint density at radius 1 is 1.56 bits per heavy atom. The molecule has 1 fully saturated rings. The van der Waals surface area contributed by atoms with E-state index in [2.05, 4.69) is 0 Å². The van der Waals surface area contributed by atoms with E-state index in [1.807, 2.05) is 0 Å². The molecule has 1 saturated heterocycles. The molecule has 0 radical (unpaired) electrons. The van der Waals surface area contributed by atoms with Gasteiger partial charge < -0.3 is 9.53 Å². The summed E-state index contributed by atoms with van der Waals surface area (Å²) in [6.45, 7) is 0.846. The molecule has 0 N–H and O–H groups in total. The first-order valence-corrected chi connectivity index (χ1v) is 3.48. The topological polar surface area (TPSA) is 26.3 Å². The minimum atomic E-state index is 0.233. The third kappa shape index (κ3) is 2.14. The largest absolute Gasteiger partial charge is 0.378 e. The Kier molecular flexibility index (Phi) is 2.71. The first kappa shape index (κ1) is 6.75. The molecule has 52 valence electrons. The second kappa shape index (κ2) is 3.62. The minimum absolute atomic E-state index is 0.233. The van der Waals surface area contributed by atoms with Crippen LogP contribution in [-0.4, -0.2) is 19.0 Å². The highest BCUT2D eigenvalue weighted by Gasteiger charge is 2.11. The summed E-state index contributed by atoms with van der Waals surface area (Å²) >= 11 is 0. The van der Waals surface area contributed by atoms with Crippen molar-refractivity contribution in [1.29, 1.82) is 0 Å². The van der Waals surface area contributed by atoms with Gasteiger partial charge in [-0.1, -0.05) is 0 Å². The van der Waals surface area contributed by atoms with E-state index in [-0.39, 0.29) is 6.10 Å². The van der Waals surface area contributed by atoms with Gasteiger partial charge in [0.25, 0.3) is 0 Å². The van der Waals surface area contributed by atoms with E-state index in [0.29, 0.717) is 6.42 Å². The zero-order valence-corrected chi connectivity index (χ0v) is 5.51. The fourth-order valence-electron chi connectivity index (χ4n) is 1.10. The van der Waals surface area contributed by atoms with Gasteiger partial charge in [-0.3, -0.25) is 0 Å². The Morgan fingerprint density at radius 2 is 2.44 bits per heavy atom. The number of hydrogen-bond donors (Lipinski definition) is 0. The van der Waals surface area contributed by atoms with E-state index in [0.717, 1.165) is 25.7 Å². The van der Waals surface area contributed by atoms with Gasteiger partial charge in [-0.15, -0.1) is 0 Å². The van der Waals surface area contributed by atoms with Gasteiger partial charge in [-0.05, 0) is 19.3 Å². The fraction of sp³-hybridized carbons (Fsp3) is 0.857. The molecule has 1 atom stereocenters. The predicted molar refractivity (Wildman–Crippen MR) is 34.3 cm³/mol. The lowest BCUT2D eigenvalue weighted by Gasteiger charge is -2.19. The smallest absolute Gasteiger partial charge is 0.122 e. The van der Waals surface area contributed by atoms with Crippen LogP contribution in [-0.2, 0) is 9.53 Å². The molecule has 0 bridgehead atoms. The average molecular weight is 128 g/mol. The van der Waals surface area contributed by atoms with Crippen LogP contribution in [0.15, 0.2) is 0 Å². The molecular weight excluding hydrogens is 116 g/mol. The predicted octanol–water partition coefficient (Wildman–Crippen LogP) is 1.14. The van der Waals surface area contributed by atoms with E-state index in [1.54, 1.807) is 0 Å². The van der Waals surface area contributed by atoms with E-state index >= 15 is 0 Å². The molecule has 0 aromatic carbocycles. The maximum atomic E-state index is 9.99. The van der Waals surface area contributed by atoms with Gasteiger partial charge in [0.1, 0.15) is 6.29 Å². The van der Waals surface area contributed by atoms with Crippen LogP contribution in [0, 0.1) is 0 Å². The first-order valence-electron chi connectivity index (χ1n) is 3.48. The molecular formula is C7H12O2.